The Hall–Kier alpha value is -0.520. The van der Waals surface area contributed by atoms with E-state index in [2.05, 4.69) is 12.6 Å². The lowest BCUT2D eigenvalue weighted by atomic mass is 10.4. The third kappa shape index (κ3) is 2.19. The molecule has 0 aromatic heterocycles. The first-order valence-electron chi connectivity index (χ1n) is 4.90. The van der Waals surface area contributed by atoms with E-state index in [0.29, 0.717) is 18.0 Å². The van der Waals surface area contributed by atoms with Crippen LogP contribution in [-0.2, 0) is 10.0 Å². The van der Waals surface area contributed by atoms with Crippen molar-refractivity contribution in [2.75, 3.05) is 13.1 Å². The van der Waals surface area contributed by atoms with Crippen molar-refractivity contribution in [2.24, 2.45) is 0 Å². The van der Waals surface area contributed by atoms with Crippen LogP contribution in [-0.4, -0.2) is 25.8 Å². The zero-order chi connectivity index (χ0) is 10.9. The maximum atomic E-state index is 12.0. The molecule has 15 heavy (non-hydrogen) atoms. The van der Waals surface area contributed by atoms with E-state index >= 15 is 0 Å². The van der Waals surface area contributed by atoms with Gasteiger partial charge in [0.25, 0.3) is 0 Å². The van der Waals surface area contributed by atoms with Crippen molar-refractivity contribution in [1.82, 2.24) is 4.31 Å². The van der Waals surface area contributed by atoms with Gasteiger partial charge < -0.3 is 0 Å². The molecule has 1 fully saturated rings. The van der Waals surface area contributed by atoms with Crippen LogP contribution in [0.4, 0.5) is 0 Å². The molecule has 0 bridgehead atoms. The van der Waals surface area contributed by atoms with Crippen LogP contribution in [0.1, 0.15) is 12.8 Å². The molecule has 0 spiro atoms. The summed E-state index contributed by atoms with van der Waals surface area (Å²) in [5.74, 6) is 0. The van der Waals surface area contributed by atoms with E-state index in [4.69, 9.17) is 0 Å². The van der Waals surface area contributed by atoms with Gasteiger partial charge in [-0.1, -0.05) is 0 Å². The summed E-state index contributed by atoms with van der Waals surface area (Å²) in [5.41, 5.74) is 0. The Morgan fingerprint density at radius 1 is 1.07 bits per heavy atom. The standard InChI is InChI=1S/C10H13NO2S2/c12-15(13,11-7-1-2-8-11)10-5-3-9(14)4-6-10/h3-6,14H,1-2,7-8H2. The molecule has 2 rings (SSSR count). The molecule has 1 aromatic carbocycles. The monoisotopic (exact) mass is 243 g/mol. The molecule has 0 atom stereocenters. The molecule has 0 aliphatic carbocycles. The second kappa shape index (κ2) is 4.15. The Morgan fingerprint density at radius 3 is 2.13 bits per heavy atom. The molecule has 0 radical (unpaired) electrons. The molecule has 1 aliphatic rings. The highest BCUT2D eigenvalue weighted by molar-refractivity contribution is 7.89. The summed E-state index contributed by atoms with van der Waals surface area (Å²) in [7, 11) is -3.26. The molecule has 0 amide bonds. The molecule has 0 N–H and O–H groups in total. The lowest BCUT2D eigenvalue weighted by molar-refractivity contribution is 0.477. The fraction of sp³-hybridized carbons (Fsp3) is 0.400. The molecule has 1 heterocycles. The van der Waals surface area contributed by atoms with Gasteiger partial charge in [0.1, 0.15) is 0 Å². The highest BCUT2D eigenvalue weighted by Gasteiger charge is 2.26. The summed E-state index contributed by atoms with van der Waals surface area (Å²) in [6.07, 6.45) is 1.92. The first-order valence-corrected chi connectivity index (χ1v) is 6.78. The van der Waals surface area contributed by atoms with Crippen molar-refractivity contribution in [3.8, 4) is 0 Å². The Labute approximate surface area is 95.6 Å². The maximum absolute atomic E-state index is 12.0. The van der Waals surface area contributed by atoms with Crippen LogP contribution in [0.3, 0.4) is 0 Å². The molecular formula is C10H13NO2S2. The van der Waals surface area contributed by atoms with Gasteiger partial charge in [-0.25, -0.2) is 8.42 Å². The number of thiol groups is 1. The van der Waals surface area contributed by atoms with E-state index in [1.54, 1.807) is 28.6 Å². The predicted octanol–water partition coefficient (Wildman–Crippen LogP) is 1.76. The first-order chi connectivity index (χ1) is 7.10. The Balaban J connectivity index is 2.32. The summed E-state index contributed by atoms with van der Waals surface area (Å²) in [4.78, 5) is 1.14. The molecule has 5 heteroatoms. The van der Waals surface area contributed by atoms with Gasteiger partial charge in [-0.05, 0) is 37.1 Å². The lowest BCUT2D eigenvalue weighted by Gasteiger charge is -2.15. The normalized spacial score (nSPS) is 18.2. The summed E-state index contributed by atoms with van der Waals surface area (Å²) in [6.45, 7) is 1.29. The number of rotatable bonds is 2. The minimum Gasteiger partial charge on any atom is -0.207 e. The van der Waals surface area contributed by atoms with Crippen molar-refractivity contribution in [1.29, 1.82) is 0 Å². The fourth-order valence-electron chi connectivity index (χ4n) is 1.70. The van der Waals surface area contributed by atoms with Gasteiger partial charge in [0.15, 0.2) is 0 Å². The second-order valence-electron chi connectivity index (χ2n) is 3.61. The molecule has 0 unspecified atom stereocenters. The van der Waals surface area contributed by atoms with Crippen LogP contribution in [0.15, 0.2) is 34.1 Å². The average Bonchev–Trinajstić information content (AvgIpc) is 2.71. The van der Waals surface area contributed by atoms with Crippen LogP contribution >= 0.6 is 12.6 Å². The van der Waals surface area contributed by atoms with E-state index in [1.807, 2.05) is 0 Å². The number of hydrogen-bond acceptors (Lipinski definition) is 3. The number of benzene rings is 1. The first kappa shape index (κ1) is 11.0. The molecular weight excluding hydrogens is 230 g/mol. The largest absolute Gasteiger partial charge is 0.243 e. The van der Waals surface area contributed by atoms with Gasteiger partial charge in [0.2, 0.25) is 10.0 Å². The summed E-state index contributed by atoms with van der Waals surface area (Å²) in [6, 6.07) is 6.62. The van der Waals surface area contributed by atoms with Crippen LogP contribution in [0, 0.1) is 0 Å². The van der Waals surface area contributed by atoms with E-state index < -0.39 is 10.0 Å². The predicted molar refractivity (Wildman–Crippen MR) is 61.7 cm³/mol. The fourth-order valence-corrected chi connectivity index (χ4v) is 3.36. The van der Waals surface area contributed by atoms with Gasteiger partial charge in [-0.2, -0.15) is 4.31 Å². The Bertz CT molecular complexity index is 433. The molecule has 82 valence electrons. The SMILES string of the molecule is O=S(=O)(c1ccc(S)cc1)N1CCCC1. The van der Waals surface area contributed by atoms with Crippen molar-refractivity contribution in [3.05, 3.63) is 24.3 Å². The summed E-state index contributed by atoms with van der Waals surface area (Å²) in [5, 5.41) is 0. The number of sulfonamides is 1. The maximum Gasteiger partial charge on any atom is 0.243 e. The van der Waals surface area contributed by atoms with Gasteiger partial charge in [0, 0.05) is 18.0 Å². The Morgan fingerprint density at radius 2 is 1.60 bits per heavy atom. The van der Waals surface area contributed by atoms with Crippen molar-refractivity contribution in [2.45, 2.75) is 22.6 Å². The summed E-state index contributed by atoms with van der Waals surface area (Å²) < 4.78 is 25.6. The minimum atomic E-state index is -3.26. The zero-order valence-corrected chi connectivity index (χ0v) is 9.97. The van der Waals surface area contributed by atoms with E-state index in [9.17, 15) is 8.42 Å². The molecule has 3 nitrogen and oxygen atoms in total. The second-order valence-corrected chi connectivity index (χ2v) is 6.06. The third-order valence-electron chi connectivity index (χ3n) is 2.54. The van der Waals surface area contributed by atoms with Gasteiger partial charge >= 0.3 is 0 Å². The molecule has 1 aromatic rings. The quantitative estimate of drug-likeness (QED) is 0.804. The third-order valence-corrected chi connectivity index (χ3v) is 4.75. The smallest absolute Gasteiger partial charge is 0.207 e. The zero-order valence-electron chi connectivity index (χ0n) is 8.26. The minimum absolute atomic E-state index is 0.363. The lowest BCUT2D eigenvalue weighted by Crippen LogP contribution is -2.27. The highest BCUT2D eigenvalue weighted by Crippen LogP contribution is 2.21. The number of hydrogen-bond donors (Lipinski definition) is 1. The van der Waals surface area contributed by atoms with Crippen LogP contribution in [0.2, 0.25) is 0 Å². The van der Waals surface area contributed by atoms with Crippen LogP contribution in [0.5, 0.6) is 0 Å². The highest BCUT2D eigenvalue weighted by atomic mass is 32.2. The van der Waals surface area contributed by atoms with Crippen LogP contribution < -0.4 is 0 Å². The van der Waals surface area contributed by atoms with Crippen molar-refractivity contribution < 1.29 is 8.42 Å². The summed E-state index contributed by atoms with van der Waals surface area (Å²) >= 11 is 4.13. The van der Waals surface area contributed by atoms with Gasteiger partial charge in [-0.3, -0.25) is 0 Å². The van der Waals surface area contributed by atoms with E-state index in [-0.39, 0.29) is 0 Å². The topological polar surface area (TPSA) is 37.4 Å². The number of nitrogens with zero attached hydrogens (tertiary/aromatic N) is 1. The molecule has 1 aliphatic heterocycles. The average molecular weight is 243 g/mol. The molecule has 1 saturated heterocycles. The van der Waals surface area contributed by atoms with E-state index in [0.717, 1.165) is 17.7 Å². The Kier molecular flexibility index (Phi) is 3.04. The van der Waals surface area contributed by atoms with Crippen molar-refractivity contribution >= 4 is 22.7 Å². The van der Waals surface area contributed by atoms with E-state index in [1.165, 1.54) is 0 Å². The van der Waals surface area contributed by atoms with Crippen LogP contribution in [0.25, 0.3) is 0 Å². The van der Waals surface area contributed by atoms with Gasteiger partial charge in [0.05, 0.1) is 4.90 Å². The van der Waals surface area contributed by atoms with Crippen molar-refractivity contribution in [3.63, 3.8) is 0 Å². The molecule has 0 saturated carbocycles. The van der Waals surface area contributed by atoms with Gasteiger partial charge in [-0.15, -0.1) is 12.6 Å².